The molecule has 1 aromatic rings. The van der Waals surface area contributed by atoms with Gasteiger partial charge < -0.3 is 15.6 Å². The van der Waals surface area contributed by atoms with E-state index in [2.05, 4.69) is 5.32 Å². The van der Waals surface area contributed by atoms with E-state index in [1.807, 2.05) is 13.8 Å². The highest BCUT2D eigenvalue weighted by Gasteiger charge is 2.07. The number of nitrogens with two attached hydrogens (primary N) is 1. The van der Waals surface area contributed by atoms with Gasteiger partial charge in [-0.1, -0.05) is 0 Å². The van der Waals surface area contributed by atoms with Crippen LogP contribution in [0.15, 0.2) is 17.1 Å². The van der Waals surface area contributed by atoms with Crippen LogP contribution in [0.2, 0.25) is 0 Å². The van der Waals surface area contributed by atoms with E-state index in [9.17, 15) is 9.59 Å². The van der Waals surface area contributed by atoms with Crippen LogP contribution < -0.4 is 16.6 Å². The number of nitrogens with zero attached hydrogens (tertiary/aromatic N) is 1. The van der Waals surface area contributed by atoms with E-state index in [1.165, 1.54) is 16.8 Å². The zero-order valence-electron chi connectivity index (χ0n) is 9.78. The third kappa shape index (κ3) is 3.12. The molecule has 1 heterocycles. The molecule has 0 aromatic carbocycles. The minimum Gasteiger partial charge on any atom is -0.397 e. The maximum absolute atomic E-state index is 11.5. The van der Waals surface area contributed by atoms with Crippen molar-refractivity contribution in [2.45, 2.75) is 33.4 Å². The normalized spacial score (nSPS) is 10.5. The number of nitrogen functional groups attached to an aromatic ring is 1. The Hall–Kier alpha value is -1.78. The molecular weight excluding hydrogens is 206 g/mol. The molecule has 3 N–H and O–H groups in total. The Morgan fingerprint density at radius 3 is 2.75 bits per heavy atom. The van der Waals surface area contributed by atoms with E-state index in [1.54, 1.807) is 6.92 Å². The van der Waals surface area contributed by atoms with E-state index in [4.69, 9.17) is 5.73 Å². The Kier molecular flexibility index (Phi) is 3.71. The molecule has 0 unspecified atom stereocenters. The molecule has 0 aliphatic heterocycles. The van der Waals surface area contributed by atoms with Crippen molar-refractivity contribution in [3.63, 3.8) is 0 Å². The van der Waals surface area contributed by atoms with Crippen molar-refractivity contribution in [3.8, 4) is 0 Å². The zero-order valence-corrected chi connectivity index (χ0v) is 9.78. The molecule has 5 nitrogen and oxygen atoms in total. The van der Waals surface area contributed by atoms with E-state index in [-0.39, 0.29) is 24.1 Å². The van der Waals surface area contributed by atoms with Gasteiger partial charge in [0.2, 0.25) is 5.91 Å². The van der Waals surface area contributed by atoms with Gasteiger partial charge in [-0.05, 0) is 26.3 Å². The van der Waals surface area contributed by atoms with Crippen molar-refractivity contribution in [1.29, 1.82) is 0 Å². The van der Waals surface area contributed by atoms with Crippen molar-refractivity contribution in [2.24, 2.45) is 0 Å². The summed E-state index contributed by atoms with van der Waals surface area (Å²) >= 11 is 0. The first-order chi connectivity index (χ1) is 7.40. The van der Waals surface area contributed by atoms with Crippen LogP contribution in [0.3, 0.4) is 0 Å². The topological polar surface area (TPSA) is 77.1 Å². The molecule has 0 aliphatic carbocycles. The molecule has 16 heavy (non-hydrogen) atoms. The number of nitrogens with one attached hydrogen (secondary N) is 1. The van der Waals surface area contributed by atoms with Gasteiger partial charge in [-0.3, -0.25) is 9.59 Å². The minimum atomic E-state index is -0.217. The lowest BCUT2D eigenvalue weighted by molar-refractivity contribution is -0.122. The van der Waals surface area contributed by atoms with Crippen LogP contribution in [0, 0.1) is 6.92 Å². The summed E-state index contributed by atoms with van der Waals surface area (Å²) in [6, 6.07) is 1.49. The molecule has 1 rings (SSSR count). The van der Waals surface area contributed by atoms with E-state index >= 15 is 0 Å². The second-order valence-electron chi connectivity index (χ2n) is 4.10. The highest BCUT2D eigenvalue weighted by molar-refractivity contribution is 5.76. The fourth-order valence-corrected chi connectivity index (χ4v) is 1.33. The Balaban J connectivity index is 2.86. The smallest absolute Gasteiger partial charge is 0.251 e. The number of carbonyl (C=O) groups excluding carboxylic acids is 1. The lowest BCUT2D eigenvalue weighted by Gasteiger charge is -2.10. The molecule has 0 atom stereocenters. The molecule has 0 spiro atoms. The molecule has 1 aromatic heterocycles. The van der Waals surface area contributed by atoms with Gasteiger partial charge in [0, 0.05) is 18.3 Å². The average molecular weight is 223 g/mol. The summed E-state index contributed by atoms with van der Waals surface area (Å²) in [7, 11) is 0. The van der Waals surface area contributed by atoms with Crippen molar-refractivity contribution in [3.05, 3.63) is 28.2 Å². The van der Waals surface area contributed by atoms with Crippen LogP contribution >= 0.6 is 0 Å². The average Bonchev–Trinajstić information content (AvgIpc) is 2.12. The van der Waals surface area contributed by atoms with Gasteiger partial charge in [-0.15, -0.1) is 0 Å². The molecule has 0 saturated carbocycles. The summed E-state index contributed by atoms with van der Waals surface area (Å²) in [6.07, 6.45) is 1.50. The maximum atomic E-state index is 11.5. The number of carbonyl (C=O) groups is 1. The van der Waals surface area contributed by atoms with Crippen LogP contribution in [0.1, 0.15) is 19.4 Å². The fourth-order valence-electron chi connectivity index (χ4n) is 1.33. The Bertz CT molecular complexity index is 449. The monoisotopic (exact) mass is 223 g/mol. The highest BCUT2D eigenvalue weighted by atomic mass is 16.2. The van der Waals surface area contributed by atoms with Crippen LogP contribution in [0.5, 0.6) is 0 Å². The van der Waals surface area contributed by atoms with Crippen molar-refractivity contribution in [2.75, 3.05) is 5.73 Å². The van der Waals surface area contributed by atoms with E-state index in [0.717, 1.165) is 5.56 Å². The number of hydrogen-bond acceptors (Lipinski definition) is 3. The number of pyridine rings is 1. The standard InChI is InChI=1S/C11H17N3O2/c1-7(2)13-10(15)6-14-5-9(12)8(3)4-11(14)16/h4-5,7H,6,12H2,1-3H3,(H,13,15). The number of amides is 1. The third-order valence-electron chi connectivity index (χ3n) is 2.14. The second kappa shape index (κ2) is 4.83. The Morgan fingerprint density at radius 1 is 1.56 bits per heavy atom. The number of rotatable bonds is 3. The first-order valence-corrected chi connectivity index (χ1v) is 5.16. The first-order valence-electron chi connectivity index (χ1n) is 5.16. The quantitative estimate of drug-likeness (QED) is 0.771. The number of hydrogen-bond donors (Lipinski definition) is 2. The molecule has 0 radical (unpaired) electrons. The number of anilines is 1. The van der Waals surface area contributed by atoms with E-state index in [0.29, 0.717) is 5.69 Å². The predicted molar refractivity (Wildman–Crippen MR) is 63.1 cm³/mol. The van der Waals surface area contributed by atoms with Gasteiger partial charge in [0.1, 0.15) is 6.54 Å². The summed E-state index contributed by atoms with van der Waals surface area (Å²) in [5, 5.41) is 2.71. The van der Waals surface area contributed by atoms with Gasteiger partial charge >= 0.3 is 0 Å². The van der Waals surface area contributed by atoms with Gasteiger partial charge in [0.05, 0.1) is 5.69 Å². The summed E-state index contributed by atoms with van der Waals surface area (Å²) in [5.74, 6) is -0.194. The van der Waals surface area contributed by atoms with Gasteiger partial charge in [0.25, 0.3) is 5.56 Å². The summed E-state index contributed by atoms with van der Waals surface area (Å²) in [6.45, 7) is 5.49. The molecule has 0 fully saturated rings. The van der Waals surface area contributed by atoms with Gasteiger partial charge in [-0.2, -0.15) is 0 Å². The Labute approximate surface area is 94.3 Å². The van der Waals surface area contributed by atoms with Crippen LogP contribution in [0.4, 0.5) is 5.69 Å². The highest BCUT2D eigenvalue weighted by Crippen LogP contribution is 2.04. The molecule has 0 bridgehead atoms. The van der Waals surface area contributed by atoms with Crippen LogP contribution in [-0.4, -0.2) is 16.5 Å². The number of aromatic nitrogens is 1. The van der Waals surface area contributed by atoms with Gasteiger partial charge in [0.15, 0.2) is 0 Å². The minimum absolute atomic E-state index is 0.00148. The largest absolute Gasteiger partial charge is 0.397 e. The third-order valence-corrected chi connectivity index (χ3v) is 2.14. The fraction of sp³-hybridized carbons (Fsp3) is 0.455. The van der Waals surface area contributed by atoms with Crippen LogP contribution in [-0.2, 0) is 11.3 Å². The summed E-state index contributed by atoms with van der Waals surface area (Å²) in [4.78, 5) is 23.0. The number of aryl methyl sites for hydroxylation is 1. The van der Waals surface area contributed by atoms with Crippen molar-refractivity contribution < 1.29 is 4.79 Å². The lowest BCUT2D eigenvalue weighted by atomic mass is 10.2. The zero-order chi connectivity index (χ0) is 12.3. The van der Waals surface area contributed by atoms with E-state index < -0.39 is 0 Å². The summed E-state index contributed by atoms with van der Waals surface area (Å²) in [5.41, 5.74) is 6.70. The predicted octanol–water partition coefficient (Wildman–Crippen LogP) is 0.264. The first kappa shape index (κ1) is 12.3. The second-order valence-corrected chi connectivity index (χ2v) is 4.10. The van der Waals surface area contributed by atoms with Gasteiger partial charge in [-0.25, -0.2) is 0 Å². The SMILES string of the molecule is Cc1cc(=O)n(CC(=O)NC(C)C)cc1N. The molecule has 0 saturated heterocycles. The maximum Gasteiger partial charge on any atom is 0.251 e. The lowest BCUT2D eigenvalue weighted by Crippen LogP contribution is -2.35. The molecular formula is C11H17N3O2. The molecule has 0 aliphatic rings. The van der Waals surface area contributed by atoms with Crippen LogP contribution in [0.25, 0.3) is 0 Å². The molecule has 88 valence electrons. The van der Waals surface area contributed by atoms with Crippen molar-refractivity contribution in [1.82, 2.24) is 9.88 Å². The Morgan fingerprint density at radius 2 is 2.19 bits per heavy atom. The molecule has 1 amide bonds. The van der Waals surface area contributed by atoms with Crippen molar-refractivity contribution >= 4 is 11.6 Å². The molecule has 5 heteroatoms. The summed E-state index contributed by atoms with van der Waals surface area (Å²) < 4.78 is 1.31.